The van der Waals surface area contributed by atoms with Crippen LogP contribution in [0.15, 0.2) is 24.3 Å². The first-order valence-electron chi connectivity index (χ1n) is 7.26. The predicted molar refractivity (Wildman–Crippen MR) is 77.6 cm³/mol. The van der Waals surface area contributed by atoms with E-state index in [-0.39, 0.29) is 5.97 Å². The monoisotopic (exact) mass is 277 g/mol. The quantitative estimate of drug-likeness (QED) is 0.640. The molecule has 0 spiro atoms. The van der Waals surface area contributed by atoms with E-state index in [0.29, 0.717) is 12.2 Å². The van der Waals surface area contributed by atoms with Gasteiger partial charge in [0.15, 0.2) is 0 Å². The zero-order valence-electron chi connectivity index (χ0n) is 12.1. The minimum absolute atomic E-state index is 0.305. The lowest BCUT2D eigenvalue weighted by molar-refractivity contribution is 0.0590. The van der Waals surface area contributed by atoms with E-state index >= 15 is 0 Å². The summed E-state index contributed by atoms with van der Waals surface area (Å²) in [4.78, 5) is 11.6. The van der Waals surface area contributed by atoms with Crippen LogP contribution in [-0.2, 0) is 16.1 Å². The topological polar surface area (TPSA) is 47.6 Å². The van der Waals surface area contributed by atoms with Crippen LogP contribution in [0.3, 0.4) is 0 Å². The van der Waals surface area contributed by atoms with Crippen molar-refractivity contribution in [1.29, 1.82) is 0 Å². The third-order valence-electron chi connectivity index (χ3n) is 3.75. The fourth-order valence-electron chi connectivity index (χ4n) is 2.56. The smallest absolute Gasteiger partial charge is 0.338 e. The first-order valence-corrected chi connectivity index (χ1v) is 7.26. The molecule has 0 saturated carbocycles. The molecule has 1 N–H and O–H groups in total. The van der Waals surface area contributed by atoms with E-state index in [1.165, 1.54) is 20.0 Å². The van der Waals surface area contributed by atoms with Crippen LogP contribution < -0.4 is 5.32 Å². The number of rotatable bonds is 6. The van der Waals surface area contributed by atoms with Crippen molar-refractivity contribution in [1.82, 2.24) is 5.32 Å². The lowest BCUT2D eigenvalue weighted by Crippen LogP contribution is -2.30. The average molecular weight is 277 g/mol. The zero-order chi connectivity index (χ0) is 14.2. The molecule has 0 aromatic heterocycles. The normalized spacial score (nSPS) is 18.8. The maximum atomic E-state index is 11.6. The van der Waals surface area contributed by atoms with Gasteiger partial charge in [-0.25, -0.2) is 4.79 Å². The van der Waals surface area contributed by atoms with Gasteiger partial charge < -0.3 is 14.8 Å². The number of hydrogen-bond acceptors (Lipinski definition) is 4. The largest absolute Gasteiger partial charge is 0.465 e. The molecule has 1 fully saturated rings. The van der Waals surface area contributed by atoms with Gasteiger partial charge in [0, 0.05) is 6.61 Å². The highest BCUT2D eigenvalue weighted by Crippen LogP contribution is 2.15. The van der Waals surface area contributed by atoms with E-state index in [4.69, 9.17) is 9.47 Å². The summed E-state index contributed by atoms with van der Waals surface area (Å²) < 4.78 is 10.5. The molecule has 110 valence electrons. The van der Waals surface area contributed by atoms with Gasteiger partial charge in [-0.05, 0) is 49.9 Å². The van der Waals surface area contributed by atoms with Crippen LogP contribution >= 0.6 is 0 Å². The van der Waals surface area contributed by atoms with Crippen molar-refractivity contribution in [3.05, 3.63) is 35.4 Å². The van der Waals surface area contributed by atoms with Gasteiger partial charge in [-0.2, -0.15) is 0 Å². The summed E-state index contributed by atoms with van der Waals surface area (Å²) in [6.45, 7) is 3.44. The molecular formula is C16H23NO3. The Morgan fingerprint density at radius 3 is 3.00 bits per heavy atom. The summed E-state index contributed by atoms with van der Waals surface area (Å²) in [5, 5.41) is 3.41. The van der Waals surface area contributed by atoms with Crippen molar-refractivity contribution in [2.45, 2.75) is 25.9 Å². The van der Waals surface area contributed by atoms with Crippen molar-refractivity contribution in [2.24, 2.45) is 5.92 Å². The van der Waals surface area contributed by atoms with Crippen molar-refractivity contribution in [2.75, 3.05) is 26.8 Å². The minimum atomic E-state index is -0.305. The average Bonchev–Trinajstić information content (AvgIpc) is 2.52. The molecule has 1 aromatic rings. The summed E-state index contributed by atoms with van der Waals surface area (Å²) in [6, 6.07) is 7.43. The fourth-order valence-corrected chi connectivity index (χ4v) is 2.56. The van der Waals surface area contributed by atoms with Crippen LogP contribution in [-0.4, -0.2) is 32.8 Å². The minimum Gasteiger partial charge on any atom is -0.465 e. The third-order valence-corrected chi connectivity index (χ3v) is 3.75. The second-order valence-corrected chi connectivity index (χ2v) is 5.20. The summed E-state index contributed by atoms with van der Waals surface area (Å²) in [5.41, 5.74) is 1.48. The van der Waals surface area contributed by atoms with E-state index in [2.05, 4.69) is 5.32 Å². The molecule has 0 unspecified atom stereocenters. The van der Waals surface area contributed by atoms with Crippen LogP contribution in [0.5, 0.6) is 0 Å². The molecule has 2 rings (SSSR count). The highest BCUT2D eigenvalue weighted by molar-refractivity contribution is 5.90. The molecule has 1 aliphatic heterocycles. The molecule has 4 nitrogen and oxygen atoms in total. The van der Waals surface area contributed by atoms with Crippen molar-refractivity contribution < 1.29 is 14.3 Å². The molecular weight excluding hydrogens is 254 g/mol. The number of carbonyl (C=O) groups excluding carboxylic acids is 1. The lowest BCUT2D eigenvalue weighted by atomic mass is 9.97. The first kappa shape index (κ1) is 15.0. The van der Waals surface area contributed by atoms with E-state index in [0.717, 1.165) is 37.6 Å². The number of piperidine rings is 1. The summed E-state index contributed by atoms with van der Waals surface area (Å²) in [6.07, 6.45) is 3.62. The Bertz CT molecular complexity index is 427. The summed E-state index contributed by atoms with van der Waals surface area (Å²) in [7, 11) is 1.40. The molecule has 4 heteroatoms. The Morgan fingerprint density at radius 1 is 1.40 bits per heavy atom. The summed E-state index contributed by atoms with van der Waals surface area (Å²) in [5.74, 6) is 0.417. The van der Waals surface area contributed by atoms with Gasteiger partial charge in [-0.15, -0.1) is 0 Å². The number of esters is 1. The van der Waals surface area contributed by atoms with Crippen molar-refractivity contribution in [3.8, 4) is 0 Å². The van der Waals surface area contributed by atoms with Crippen molar-refractivity contribution in [3.63, 3.8) is 0 Å². The maximum absolute atomic E-state index is 11.6. The molecule has 0 radical (unpaired) electrons. The molecule has 1 aliphatic rings. The molecule has 0 bridgehead atoms. The van der Waals surface area contributed by atoms with Gasteiger partial charge in [0.2, 0.25) is 0 Å². The number of carbonyl (C=O) groups is 1. The van der Waals surface area contributed by atoms with Crippen molar-refractivity contribution >= 4 is 5.97 Å². The number of methoxy groups -OCH3 is 1. The molecule has 1 aromatic carbocycles. The molecule has 0 aliphatic carbocycles. The van der Waals surface area contributed by atoms with E-state index in [9.17, 15) is 4.79 Å². The second kappa shape index (κ2) is 8.02. The van der Waals surface area contributed by atoms with Crippen LogP contribution in [0.4, 0.5) is 0 Å². The van der Waals surface area contributed by atoms with Gasteiger partial charge in [-0.3, -0.25) is 0 Å². The third kappa shape index (κ3) is 4.32. The standard InChI is InChI=1S/C16H23NO3/c1-19-16(18)15-7-3-2-6-14(15)12-20-10-8-13-5-4-9-17-11-13/h2-3,6-7,13,17H,4-5,8-12H2,1H3/t13-/m1/s1. The Kier molecular flexibility index (Phi) is 6.02. The number of benzene rings is 1. The SMILES string of the molecule is COC(=O)c1ccccc1COCC[C@H]1CCCNC1. The first-order chi connectivity index (χ1) is 9.81. The number of ether oxygens (including phenoxy) is 2. The zero-order valence-corrected chi connectivity index (χ0v) is 12.1. The van der Waals surface area contributed by atoms with Crippen LogP contribution in [0.1, 0.15) is 35.2 Å². The molecule has 1 heterocycles. The molecule has 0 amide bonds. The van der Waals surface area contributed by atoms with E-state index < -0.39 is 0 Å². The number of hydrogen-bond donors (Lipinski definition) is 1. The van der Waals surface area contributed by atoms with E-state index in [1.54, 1.807) is 6.07 Å². The molecule has 20 heavy (non-hydrogen) atoms. The molecule has 1 atom stereocenters. The Balaban J connectivity index is 1.77. The van der Waals surface area contributed by atoms with E-state index in [1.807, 2.05) is 18.2 Å². The highest BCUT2D eigenvalue weighted by Gasteiger charge is 2.13. The molecule has 1 saturated heterocycles. The van der Waals surface area contributed by atoms with Gasteiger partial charge in [0.25, 0.3) is 0 Å². The Morgan fingerprint density at radius 2 is 2.25 bits per heavy atom. The summed E-state index contributed by atoms with van der Waals surface area (Å²) >= 11 is 0. The highest BCUT2D eigenvalue weighted by atomic mass is 16.5. The van der Waals surface area contributed by atoms with Gasteiger partial charge in [-0.1, -0.05) is 18.2 Å². The second-order valence-electron chi connectivity index (χ2n) is 5.20. The fraction of sp³-hybridized carbons (Fsp3) is 0.562. The lowest BCUT2D eigenvalue weighted by Gasteiger charge is -2.22. The van der Waals surface area contributed by atoms with Gasteiger partial charge >= 0.3 is 5.97 Å². The Labute approximate surface area is 120 Å². The van der Waals surface area contributed by atoms with Gasteiger partial charge in [0.1, 0.15) is 0 Å². The van der Waals surface area contributed by atoms with Crippen LogP contribution in [0, 0.1) is 5.92 Å². The number of nitrogens with one attached hydrogen (secondary N) is 1. The van der Waals surface area contributed by atoms with Crippen LogP contribution in [0.2, 0.25) is 0 Å². The van der Waals surface area contributed by atoms with Crippen LogP contribution in [0.25, 0.3) is 0 Å². The van der Waals surface area contributed by atoms with Gasteiger partial charge in [0.05, 0.1) is 19.3 Å². The Hall–Kier alpha value is -1.39. The maximum Gasteiger partial charge on any atom is 0.338 e. The predicted octanol–water partition coefficient (Wildman–Crippen LogP) is 2.38.